The first-order chi connectivity index (χ1) is 14.9. The van der Waals surface area contributed by atoms with Gasteiger partial charge in [0.1, 0.15) is 0 Å². The highest BCUT2D eigenvalue weighted by Gasteiger charge is 2.32. The molecule has 0 aromatic carbocycles. The molecule has 9 heteroatoms. The van der Waals surface area contributed by atoms with Crippen LogP contribution in [-0.2, 0) is 22.4 Å². The van der Waals surface area contributed by atoms with Gasteiger partial charge >= 0.3 is 6.09 Å². The minimum atomic E-state index is -0.301. The van der Waals surface area contributed by atoms with E-state index in [2.05, 4.69) is 25.5 Å². The number of aryl methyl sites for hydroxylation is 1. The third kappa shape index (κ3) is 4.06. The first kappa shape index (κ1) is 21.4. The van der Waals surface area contributed by atoms with Gasteiger partial charge in [-0.25, -0.2) is 4.79 Å². The van der Waals surface area contributed by atoms with Crippen molar-refractivity contribution in [3.8, 4) is 0 Å². The Bertz CT molecular complexity index is 951. The van der Waals surface area contributed by atoms with Crippen LogP contribution in [-0.4, -0.2) is 73.8 Å². The highest BCUT2D eigenvalue weighted by Crippen LogP contribution is 2.36. The topological polar surface area (TPSA) is 76.0 Å². The molecule has 2 aromatic rings. The Morgan fingerprint density at radius 1 is 1.26 bits per heavy atom. The summed E-state index contributed by atoms with van der Waals surface area (Å²) in [5.74, 6) is 0.866. The molecule has 0 atom stereocenters. The van der Waals surface area contributed by atoms with Crippen molar-refractivity contribution in [2.45, 2.75) is 38.8 Å². The van der Waals surface area contributed by atoms with Gasteiger partial charge in [0.05, 0.1) is 43.0 Å². The van der Waals surface area contributed by atoms with E-state index >= 15 is 0 Å². The first-order valence-corrected chi connectivity index (χ1v) is 10.8. The zero-order valence-corrected chi connectivity index (χ0v) is 19.1. The molecule has 0 aliphatic carbocycles. The summed E-state index contributed by atoms with van der Waals surface area (Å²) in [6.07, 6.45) is 4.25. The van der Waals surface area contributed by atoms with Crippen LogP contribution in [0.25, 0.3) is 0 Å². The normalized spacial score (nSPS) is 16.7. The Labute approximate surface area is 183 Å². The van der Waals surface area contributed by atoms with E-state index in [9.17, 15) is 4.79 Å². The fraction of sp³-hybridized carbons (Fsp3) is 0.591. The number of aromatic nitrogens is 3. The number of hydrogen-bond donors (Lipinski definition) is 0. The van der Waals surface area contributed by atoms with E-state index in [0.717, 1.165) is 60.9 Å². The van der Waals surface area contributed by atoms with Gasteiger partial charge in [-0.2, -0.15) is 5.10 Å². The zero-order chi connectivity index (χ0) is 22.1. The molecule has 0 bridgehead atoms. The quantitative estimate of drug-likeness (QED) is 0.741. The predicted molar refractivity (Wildman–Crippen MR) is 119 cm³/mol. The monoisotopic (exact) mass is 428 g/mol. The lowest BCUT2D eigenvalue weighted by Gasteiger charge is -2.29. The lowest BCUT2D eigenvalue weighted by atomic mass is 10.0. The number of methoxy groups -OCH3 is 1. The molecule has 0 unspecified atom stereocenters. The third-order valence-corrected chi connectivity index (χ3v) is 6.27. The average Bonchev–Trinajstić information content (AvgIpc) is 3.17. The number of amides is 1. The molecule has 0 saturated carbocycles. The van der Waals surface area contributed by atoms with Gasteiger partial charge in [-0.15, -0.1) is 0 Å². The molecule has 9 nitrogen and oxygen atoms in total. The second kappa shape index (κ2) is 8.74. The second-order valence-corrected chi connectivity index (χ2v) is 8.43. The summed E-state index contributed by atoms with van der Waals surface area (Å²) in [6, 6.07) is 2.45. The Hall–Kier alpha value is -2.81. The lowest BCUT2D eigenvalue weighted by molar-refractivity contribution is 0.0649. The molecule has 168 valence electrons. The minimum absolute atomic E-state index is 0.301. The molecule has 0 radical (unpaired) electrons. The number of rotatable bonds is 4. The number of anilines is 3. The third-order valence-electron chi connectivity index (χ3n) is 6.27. The van der Waals surface area contributed by atoms with Gasteiger partial charge in [0.15, 0.2) is 5.82 Å². The van der Waals surface area contributed by atoms with E-state index in [4.69, 9.17) is 14.6 Å². The van der Waals surface area contributed by atoms with E-state index in [1.54, 1.807) is 4.90 Å². The van der Waals surface area contributed by atoms with Crippen LogP contribution in [0, 0.1) is 6.92 Å². The van der Waals surface area contributed by atoms with E-state index in [-0.39, 0.29) is 6.09 Å². The number of carbonyl (C=O) groups is 1. The van der Waals surface area contributed by atoms with Crippen LogP contribution in [0.4, 0.5) is 22.0 Å². The zero-order valence-electron chi connectivity index (χ0n) is 19.1. The molecule has 2 aliphatic rings. The molecule has 0 spiro atoms. The molecular weight excluding hydrogens is 396 g/mol. The average molecular weight is 429 g/mol. The minimum Gasteiger partial charge on any atom is -0.453 e. The Kier molecular flexibility index (Phi) is 6.04. The second-order valence-electron chi connectivity index (χ2n) is 8.43. The summed E-state index contributed by atoms with van der Waals surface area (Å²) < 4.78 is 12.7. The number of carbonyl (C=O) groups excluding carboxylic acids is 1. The maximum absolute atomic E-state index is 12.2. The SMILES string of the molecule is COC(=O)N1CCc2c(c(N(C)c3cnc(C)c(N(C)C)c3)nn2C2CCOCC2)C1. The van der Waals surface area contributed by atoms with Gasteiger partial charge < -0.3 is 24.2 Å². The van der Waals surface area contributed by atoms with E-state index < -0.39 is 0 Å². The number of fused-ring (bicyclic) bond motifs is 1. The molecule has 2 aliphatic heterocycles. The number of hydrogen-bond acceptors (Lipinski definition) is 7. The van der Waals surface area contributed by atoms with Gasteiger partial charge in [0.2, 0.25) is 0 Å². The molecule has 1 amide bonds. The first-order valence-electron chi connectivity index (χ1n) is 10.8. The van der Waals surface area contributed by atoms with Crippen LogP contribution in [0.2, 0.25) is 0 Å². The van der Waals surface area contributed by atoms with Crippen molar-refractivity contribution in [2.24, 2.45) is 0 Å². The molecule has 2 aromatic heterocycles. The van der Waals surface area contributed by atoms with Crippen molar-refractivity contribution in [3.05, 3.63) is 29.2 Å². The highest BCUT2D eigenvalue weighted by atomic mass is 16.5. The fourth-order valence-electron chi connectivity index (χ4n) is 4.48. The van der Waals surface area contributed by atoms with Crippen LogP contribution in [0.1, 0.15) is 35.8 Å². The molecule has 0 N–H and O–H groups in total. The molecule has 1 fully saturated rings. The van der Waals surface area contributed by atoms with Crippen molar-refractivity contribution in [3.63, 3.8) is 0 Å². The number of pyridine rings is 1. The smallest absolute Gasteiger partial charge is 0.409 e. The Balaban J connectivity index is 1.75. The molecule has 31 heavy (non-hydrogen) atoms. The maximum atomic E-state index is 12.2. The largest absolute Gasteiger partial charge is 0.453 e. The van der Waals surface area contributed by atoms with E-state index in [1.807, 2.05) is 34.3 Å². The van der Waals surface area contributed by atoms with Crippen LogP contribution in [0.3, 0.4) is 0 Å². The van der Waals surface area contributed by atoms with Crippen molar-refractivity contribution >= 4 is 23.3 Å². The summed E-state index contributed by atoms with van der Waals surface area (Å²) in [5.41, 5.74) is 5.30. The van der Waals surface area contributed by atoms with Gasteiger partial charge in [-0.05, 0) is 25.8 Å². The van der Waals surface area contributed by atoms with Crippen molar-refractivity contribution in [1.29, 1.82) is 0 Å². The van der Waals surface area contributed by atoms with Crippen LogP contribution < -0.4 is 9.80 Å². The summed E-state index contributed by atoms with van der Waals surface area (Å²) >= 11 is 0. The van der Waals surface area contributed by atoms with Gasteiger partial charge in [0.25, 0.3) is 0 Å². The van der Waals surface area contributed by atoms with Gasteiger partial charge in [-0.3, -0.25) is 9.67 Å². The van der Waals surface area contributed by atoms with Crippen molar-refractivity contribution in [1.82, 2.24) is 19.7 Å². The predicted octanol–water partition coefficient (Wildman–Crippen LogP) is 2.90. The summed E-state index contributed by atoms with van der Waals surface area (Å²) in [7, 11) is 7.48. The number of ether oxygens (including phenoxy) is 2. The summed E-state index contributed by atoms with van der Waals surface area (Å²) in [5, 5.41) is 5.08. The Morgan fingerprint density at radius 3 is 2.68 bits per heavy atom. The molecule has 4 heterocycles. The van der Waals surface area contributed by atoms with Crippen LogP contribution >= 0.6 is 0 Å². The summed E-state index contributed by atoms with van der Waals surface area (Å²) in [6.45, 7) is 4.65. The van der Waals surface area contributed by atoms with Crippen molar-refractivity contribution in [2.75, 3.05) is 57.8 Å². The highest BCUT2D eigenvalue weighted by molar-refractivity contribution is 5.71. The van der Waals surface area contributed by atoms with Crippen LogP contribution in [0.15, 0.2) is 12.3 Å². The van der Waals surface area contributed by atoms with Gasteiger partial charge in [-0.1, -0.05) is 0 Å². The standard InChI is InChI=1S/C22H32N6O3/c1-15-20(25(2)3)12-17(13-23-15)26(4)21-18-14-27(22(29)30-5)9-6-19(18)28(24-21)16-7-10-31-11-8-16/h12-13,16H,6-11,14H2,1-5H3. The fourth-order valence-corrected chi connectivity index (χ4v) is 4.48. The number of nitrogens with zero attached hydrogens (tertiary/aromatic N) is 6. The molecule has 4 rings (SSSR count). The summed E-state index contributed by atoms with van der Waals surface area (Å²) in [4.78, 5) is 22.7. The maximum Gasteiger partial charge on any atom is 0.409 e. The van der Waals surface area contributed by atoms with Crippen molar-refractivity contribution < 1.29 is 14.3 Å². The van der Waals surface area contributed by atoms with Gasteiger partial charge in [0, 0.05) is 58.6 Å². The molecule has 1 saturated heterocycles. The van der Waals surface area contributed by atoms with E-state index in [0.29, 0.717) is 19.1 Å². The van der Waals surface area contributed by atoms with E-state index in [1.165, 1.54) is 12.8 Å². The lowest BCUT2D eigenvalue weighted by Crippen LogP contribution is -2.37. The molecular formula is C22H32N6O3. The Morgan fingerprint density at radius 2 is 2.00 bits per heavy atom. The van der Waals surface area contributed by atoms with Crippen LogP contribution in [0.5, 0.6) is 0 Å².